The van der Waals surface area contributed by atoms with Crippen LogP contribution in [-0.2, 0) is 11.0 Å². The van der Waals surface area contributed by atoms with Crippen LogP contribution < -0.4 is 0 Å². The molecule has 2 aromatic rings. The first-order valence-electron chi connectivity index (χ1n) is 6.14. The van der Waals surface area contributed by atoms with Gasteiger partial charge in [0.25, 0.3) is 0 Å². The van der Waals surface area contributed by atoms with E-state index >= 15 is 0 Å². The minimum atomic E-state index is -4.41. The van der Waals surface area contributed by atoms with Crippen LogP contribution in [0.1, 0.15) is 15.9 Å². The first-order chi connectivity index (χ1) is 10.2. The number of rotatable bonds is 5. The lowest BCUT2D eigenvalue weighted by Gasteiger charge is -2.10. The van der Waals surface area contributed by atoms with Crippen LogP contribution in [0.25, 0.3) is 0 Å². The maximum atomic E-state index is 12.3. The molecule has 22 heavy (non-hydrogen) atoms. The topological polar surface area (TPSA) is 115 Å². The molecule has 2 aromatic carbocycles. The van der Waals surface area contributed by atoms with Gasteiger partial charge in [0.05, 0.1) is 0 Å². The fourth-order valence-electron chi connectivity index (χ4n) is 1.84. The molecule has 6 nitrogen and oxygen atoms in total. The summed E-state index contributed by atoms with van der Waals surface area (Å²) in [5, 5.41) is 18.7. The summed E-state index contributed by atoms with van der Waals surface area (Å²) in [6.07, 6.45) is -0.0154. The Hall–Kier alpha value is -1.79. The molecule has 0 saturated carbocycles. The van der Waals surface area contributed by atoms with Gasteiger partial charge < -0.3 is 20.0 Å². The van der Waals surface area contributed by atoms with Crippen LogP contribution in [0.4, 0.5) is 0 Å². The number of Topliss-reactive ketones (excluding diaryl/α,β-unsaturated/α-hetero) is 1. The van der Waals surface area contributed by atoms with Crippen LogP contribution in [0, 0.1) is 0 Å². The van der Waals surface area contributed by atoms with E-state index in [-0.39, 0.29) is 39.8 Å². The van der Waals surface area contributed by atoms with Crippen molar-refractivity contribution in [2.75, 3.05) is 0 Å². The molecule has 0 bridgehead atoms. The van der Waals surface area contributed by atoms with Crippen molar-refractivity contribution in [3.8, 4) is 11.5 Å². The van der Waals surface area contributed by atoms with Crippen molar-refractivity contribution in [1.29, 1.82) is 0 Å². The van der Waals surface area contributed by atoms with Crippen molar-refractivity contribution in [3.63, 3.8) is 0 Å². The maximum absolute atomic E-state index is 12.3. The van der Waals surface area contributed by atoms with Crippen LogP contribution in [0.5, 0.6) is 11.5 Å². The highest BCUT2D eigenvalue weighted by molar-refractivity contribution is 8.54. The quantitative estimate of drug-likeness (QED) is 0.488. The predicted molar refractivity (Wildman–Crippen MR) is 82.1 cm³/mol. The third kappa shape index (κ3) is 4.61. The Morgan fingerprint density at radius 1 is 1.00 bits per heavy atom. The Bertz CT molecular complexity index is 737. The minimum Gasteiger partial charge on any atom is -0.508 e. The molecule has 2 rings (SSSR count). The SMILES string of the molecule is O=C(Cc1ccc(O)cc1)c1cc(O)ccc1SP(=O)(O)O. The van der Waals surface area contributed by atoms with Gasteiger partial charge in [-0.05, 0) is 47.3 Å². The lowest BCUT2D eigenvalue weighted by molar-refractivity contribution is 0.0989. The van der Waals surface area contributed by atoms with Crippen molar-refractivity contribution in [2.24, 2.45) is 0 Å². The lowest BCUT2D eigenvalue weighted by atomic mass is 10.0. The molecule has 0 unspecified atom stereocenters. The molecular weight excluding hydrogens is 327 g/mol. The molecule has 116 valence electrons. The van der Waals surface area contributed by atoms with E-state index < -0.39 is 12.6 Å². The number of hydrogen-bond donors (Lipinski definition) is 4. The van der Waals surface area contributed by atoms with Crippen LogP contribution >= 0.6 is 18.2 Å². The smallest absolute Gasteiger partial charge is 0.388 e. The van der Waals surface area contributed by atoms with E-state index in [1.165, 1.54) is 30.3 Å². The minimum absolute atomic E-state index is 0.0154. The summed E-state index contributed by atoms with van der Waals surface area (Å²) in [6.45, 7) is -4.41. The third-order valence-electron chi connectivity index (χ3n) is 2.78. The Morgan fingerprint density at radius 3 is 2.18 bits per heavy atom. The molecular formula is C14H13O6PS. The zero-order valence-electron chi connectivity index (χ0n) is 11.2. The number of phenolic OH excluding ortho intramolecular Hbond substituents is 2. The monoisotopic (exact) mass is 340 g/mol. The summed E-state index contributed by atoms with van der Waals surface area (Å²) in [4.78, 5) is 30.5. The Morgan fingerprint density at radius 2 is 1.59 bits per heavy atom. The van der Waals surface area contributed by atoms with Crippen molar-refractivity contribution >= 4 is 24.0 Å². The lowest BCUT2D eigenvalue weighted by Crippen LogP contribution is -2.05. The van der Waals surface area contributed by atoms with Gasteiger partial charge >= 0.3 is 6.80 Å². The van der Waals surface area contributed by atoms with Gasteiger partial charge in [0.1, 0.15) is 11.5 Å². The molecule has 0 amide bonds. The second-order valence-electron chi connectivity index (χ2n) is 4.53. The van der Waals surface area contributed by atoms with Crippen LogP contribution in [-0.4, -0.2) is 25.8 Å². The zero-order chi connectivity index (χ0) is 16.3. The fraction of sp³-hybridized carbons (Fsp3) is 0.0714. The normalized spacial score (nSPS) is 11.4. The van der Waals surface area contributed by atoms with Crippen molar-refractivity contribution < 1.29 is 29.4 Å². The second-order valence-corrected chi connectivity index (χ2v) is 8.11. The van der Waals surface area contributed by atoms with E-state index in [1.54, 1.807) is 12.1 Å². The highest BCUT2D eigenvalue weighted by atomic mass is 32.7. The summed E-state index contributed by atoms with van der Waals surface area (Å²) < 4.78 is 11.1. The summed E-state index contributed by atoms with van der Waals surface area (Å²) in [5.41, 5.74) is 0.680. The summed E-state index contributed by atoms with van der Waals surface area (Å²) in [5.74, 6) is -0.479. The average molecular weight is 340 g/mol. The summed E-state index contributed by atoms with van der Waals surface area (Å²) in [6, 6.07) is 9.77. The van der Waals surface area contributed by atoms with Gasteiger partial charge in [-0.15, -0.1) is 0 Å². The van der Waals surface area contributed by atoms with Gasteiger partial charge in [0.2, 0.25) is 0 Å². The Balaban J connectivity index is 2.29. The van der Waals surface area contributed by atoms with Gasteiger partial charge in [0.15, 0.2) is 5.78 Å². The highest BCUT2D eigenvalue weighted by Crippen LogP contribution is 2.55. The van der Waals surface area contributed by atoms with E-state index in [1.807, 2.05) is 0 Å². The van der Waals surface area contributed by atoms with E-state index in [0.29, 0.717) is 5.56 Å². The molecule has 0 spiro atoms. The van der Waals surface area contributed by atoms with E-state index in [4.69, 9.17) is 9.79 Å². The van der Waals surface area contributed by atoms with Crippen LogP contribution in [0.2, 0.25) is 0 Å². The maximum Gasteiger partial charge on any atom is 0.388 e. The van der Waals surface area contributed by atoms with E-state index in [2.05, 4.69) is 0 Å². The fourth-order valence-corrected chi connectivity index (χ4v) is 3.74. The molecule has 0 radical (unpaired) electrons. The van der Waals surface area contributed by atoms with Crippen LogP contribution in [0.15, 0.2) is 47.4 Å². The van der Waals surface area contributed by atoms with Crippen molar-refractivity contribution in [1.82, 2.24) is 0 Å². The summed E-state index contributed by atoms with van der Waals surface area (Å²) in [7, 11) is 0. The molecule has 0 aromatic heterocycles. The highest BCUT2D eigenvalue weighted by Gasteiger charge is 2.21. The standard InChI is InChI=1S/C14H13O6PS/c15-10-3-1-9(2-4-10)7-13(17)12-8-11(16)5-6-14(12)22-21(18,19)20/h1-6,8,15-16H,7H2,(H2,18,19,20). The van der Waals surface area contributed by atoms with Crippen molar-refractivity contribution in [2.45, 2.75) is 11.3 Å². The first-order valence-corrected chi connectivity index (χ1v) is 9.17. The number of phenols is 2. The van der Waals surface area contributed by atoms with Crippen LogP contribution in [0.3, 0.4) is 0 Å². The van der Waals surface area contributed by atoms with Gasteiger partial charge in [0, 0.05) is 16.9 Å². The Labute approximate surface area is 130 Å². The number of aromatic hydroxyl groups is 2. The van der Waals surface area contributed by atoms with Gasteiger partial charge in [-0.1, -0.05) is 12.1 Å². The first kappa shape index (κ1) is 16.6. The number of hydrogen-bond acceptors (Lipinski definition) is 5. The summed E-state index contributed by atoms with van der Waals surface area (Å²) >= 11 is 0.272. The number of carbonyl (C=O) groups is 1. The largest absolute Gasteiger partial charge is 0.508 e. The molecule has 0 saturated heterocycles. The zero-order valence-corrected chi connectivity index (χ0v) is 12.9. The Kier molecular flexibility index (Phi) is 4.93. The molecule has 0 aliphatic rings. The van der Waals surface area contributed by atoms with E-state index in [9.17, 15) is 19.6 Å². The third-order valence-corrected chi connectivity index (χ3v) is 4.88. The molecule has 0 atom stereocenters. The van der Waals surface area contributed by atoms with E-state index in [0.717, 1.165) is 0 Å². The van der Waals surface area contributed by atoms with Gasteiger partial charge in [-0.2, -0.15) is 0 Å². The van der Waals surface area contributed by atoms with Gasteiger partial charge in [-0.25, -0.2) is 4.57 Å². The molecule has 0 fully saturated rings. The van der Waals surface area contributed by atoms with Crippen molar-refractivity contribution in [3.05, 3.63) is 53.6 Å². The average Bonchev–Trinajstić information content (AvgIpc) is 2.42. The predicted octanol–water partition coefficient (Wildman–Crippen LogP) is 2.71. The number of ketones is 1. The molecule has 0 aliphatic heterocycles. The molecule has 8 heteroatoms. The molecule has 4 N–H and O–H groups in total. The number of carbonyl (C=O) groups excluding carboxylic acids is 1. The van der Waals surface area contributed by atoms with Gasteiger partial charge in [-0.3, -0.25) is 4.79 Å². The molecule has 0 aliphatic carbocycles. The molecule has 0 heterocycles. The second kappa shape index (κ2) is 6.54. The number of benzene rings is 2.